The minimum Gasteiger partial charge on any atom is -0.502 e. The Balaban J connectivity index is 1.55. The van der Waals surface area contributed by atoms with E-state index in [2.05, 4.69) is 13.8 Å². The van der Waals surface area contributed by atoms with Gasteiger partial charge in [-0.2, -0.15) is 0 Å². The maximum Gasteiger partial charge on any atom is 0.373 e. The highest BCUT2D eigenvalue weighted by atomic mass is 16.6. The number of ether oxygens (including phenoxy) is 2. The van der Waals surface area contributed by atoms with Crippen molar-refractivity contribution in [3.8, 4) is 0 Å². The van der Waals surface area contributed by atoms with E-state index in [4.69, 9.17) is 9.47 Å². The average Bonchev–Trinajstić information content (AvgIpc) is 2.48. The van der Waals surface area contributed by atoms with Crippen LogP contribution in [0.2, 0.25) is 0 Å². The molecule has 2 unspecified atom stereocenters. The summed E-state index contributed by atoms with van der Waals surface area (Å²) in [7, 11) is 0. The summed E-state index contributed by atoms with van der Waals surface area (Å²) >= 11 is 0. The van der Waals surface area contributed by atoms with Crippen molar-refractivity contribution >= 4 is 11.9 Å². The molecule has 2 N–H and O–H groups in total. The first-order chi connectivity index (χ1) is 12.0. The Hall–Kier alpha value is -1.56. The van der Waals surface area contributed by atoms with Gasteiger partial charge in [0.2, 0.25) is 0 Å². The largest absolute Gasteiger partial charge is 0.502 e. The van der Waals surface area contributed by atoms with E-state index in [9.17, 15) is 19.8 Å². The van der Waals surface area contributed by atoms with Gasteiger partial charge in [-0.3, -0.25) is 4.79 Å². The van der Waals surface area contributed by atoms with Gasteiger partial charge in [0.15, 0.2) is 5.76 Å². The average molecular weight is 366 g/mol. The highest BCUT2D eigenvalue weighted by Crippen LogP contribution is 2.70. The number of carbonyl (C=O) groups excluding carboxylic acids is 2. The summed E-state index contributed by atoms with van der Waals surface area (Å²) in [5.74, 6) is -1.43. The molecule has 0 aromatic rings. The van der Waals surface area contributed by atoms with Gasteiger partial charge in [0, 0.05) is 6.42 Å². The van der Waals surface area contributed by atoms with Crippen molar-refractivity contribution < 1.29 is 29.3 Å². The van der Waals surface area contributed by atoms with Crippen molar-refractivity contribution in [1.29, 1.82) is 0 Å². The molecule has 0 heterocycles. The molecule has 26 heavy (non-hydrogen) atoms. The van der Waals surface area contributed by atoms with Crippen LogP contribution in [0.4, 0.5) is 0 Å². The number of aliphatic hydroxyl groups excluding tert-OH is 1. The van der Waals surface area contributed by atoms with Crippen molar-refractivity contribution in [2.24, 2.45) is 16.2 Å². The molecule has 0 amide bonds. The molecule has 0 aromatic heterocycles. The molecule has 6 nitrogen and oxygen atoms in total. The Morgan fingerprint density at radius 3 is 2.08 bits per heavy atom. The monoisotopic (exact) mass is 366 g/mol. The van der Waals surface area contributed by atoms with Crippen LogP contribution in [0.3, 0.4) is 0 Å². The first-order valence-electron chi connectivity index (χ1n) is 9.45. The van der Waals surface area contributed by atoms with Crippen molar-refractivity contribution in [2.45, 2.75) is 71.3 Å². The molecule has 4 aliphatic rings. The van der Waals surface area contributed by atoms with Crippen molar-refractivity contribution in [2.75, 3.05) is 13.2 Å². The summed E-state index contributed by atoms with van der Waals surface area (Å²) in [6.07, 6.45) is 6.30. The molecule has 6 heteroatoms. The Kier molecular flexibility index (Phi) is 4.62. The van der Waals surface area contributed by atoms with E-state index in [0.717, 1.165) is 32.1 Å². The zero-order chi connectivity index (χ0) is 19.2. The van der Waals surface area contributed by atoms with Crippen molar-refractivity contribution in [3.05, 3.63) is 11.8 Å². The van der Waals surface area contributed by atoms with E-state index in [-0.39, 0.29) is 30.0 Å². The quantitative estimate of drug-likeness (QED) is 0.325. The van der Waals surface area contributed by atoms with E-state index in [1.165, 1.54) is 6.08 Å². The summed E-state index contributed by atoms with van der Waals surface area (Å²) in [5.41, 5.74) is -1.35. The highest BCUT2D eigenvalue weighted by molar-refractivity contribution is 5.85. The third-order valence-corrected chi connectivity index (χ3v) is 6.23. The van der Waals surface area contributed by atoms with Crippen LogP contribution in [0.5, 0.6) is 0 Å². The molecule has 2 atom stereocenters. The molecule has 0 radical (unpaired) electrons. The number of hydrogen-bond donors (Lipinski definition) is 2. The lowest BCUT2D eigenvalue weighted by Crippen LogP contribution is -2.64. The summed E-state index contributed by atoms with van der Waals surface area (Å²) in [5, 5.41) is 20.2. The van der Waals surface area contributed by atoms with Gasteiger partial charge in [-0.1, -0.05) is 13.8 Å². The number of hydrogen-bond acceptors (Lipinski definition) is 6. The van der Waals surface area contributed by atoms with Crippen LogP contribution < -0.4 is 0 Å². The number of aliphatic hydroxyl groups is 2. The molecule has 4 rings (SSSR count). The first-order valence-corrected chi connectivity index (χ1v) is 9.45. The van der Waals surface area contributed by atoms with Crippen LogP contribution in [0, 0.1) is 16.2 Å². The fourth-order valence-electron chi connectivity index (χ4n) is 6.58. The third-order valence-electron chi connectivity index (χ3n) is 6.23. The number of carbonyl (C=O) groups is 2. The Labute approximate surface area is 154 Å². The van der Waals surface area contributed by atoms with Crippen molar-refractivity contribution in [3.63, 3.8) is 0 Å². The second-order valence-electron chi connectivity index (χ2n) is 9.49. The molecule has 146 valence electrons. The molecule has 0 aliphatic heterocycles. The maximum atomic E-state index is 12.9. The maximum absolute atomic E-state index is 12.9. The van der Waals surface area contributed by atoms with Crippen LogP contribution in [0.15, 0.2) is 11.8 Å². The van der Waals surface area contributed by atoms with Gasteiger partial charge in [0.1, 0.15) is 0 Å². The summed E-state index contributed by atoms with van der Waals surface area (Å²) in [6, 6.07) is 0. The summed E-state index contributed by atoms with van der Waals surface area (Å²) in [6.45, 7) is 6.15. The van der Waals surface area contributed by atoms with Gasteiger partial charge >= 0.3 is 11.9 Å². The Morgan fingerprint density at radius 1 is 0.962 bits per heavy atom. The second-order valence-corrected chi connectivity index (χ2v) is 9.49. The fourth-order valence-corrected chi connectivity index (χ4v) is 6.58. The molecule has 0 aromatic carbocycles. The van der Waals surface area contributed by atoms with Gasteiger partial charge in [-0.25, -0.2) is 4.79 Å². The number of esters is 2. The topological polar surface area (TPSA) is 93.1 Å². The summed E-state index contributed by atoms with van der Waals surface area (Å²) < 4.78 is 10.4. The molecule has 0 spiro atoms. The Bertz CT molecular complexity index is 583. The minimum absolute atomic E-state index is 0.00316. The normalized spacial score (nSPS) is 41.2. The summed E-state index contributed by atoms with van der Waals surface area (Å²) in [4.78, 5) is 24.2. The first kappa shape index (κ1) is 19.2. The molecular formula is C20H30O6. The molecule has 4 fully saturated rings. The lowest BCUT2D eigenvalue weighted by Gasteiger charge is -2.66. The standard InChI is InChI=1S/C20H30O6/c1-4-14(21)15(22)25-6-5-7-26-16(23)19-9-17(2)8-18(3,10-19)12-20(24,11-17)13-19/h4,21,24H,5-13H2,1-3H3. The molecule has 4 saturated carbocycles. The third kappa shape index (κ3) is 3.48. The lowest BCUT2D eigenvalue weighted by atomic mass is 9.39. The van der Waals surface area contributed by atoms with Gasteiger partial charge in [0.05, 0.1) is 24.2 Å². The number of allylic oxidation sites excluding steroid dienone is 1. The molecule has 4 aliphatic carbocycles. The van der Waals surface area contributed by atoms with E-state index >= 15 is 0 Å². The van der Waals surface area contributed by atoms with E-state index in [0.29, 0.717) is 12.8 Å². The SMILES string of the molecule is CC=C(O)C(=O)OCCCOC(=O)C12CC3(C)CC(C)(CC(O)(C3)C1)C2. The zero-order valence-corrected chi connectivity index (χ0v) is 16.0. The molecule has 0 saturated heterocycles. The van der Waals surface area contributed by atoms with Gasteiger partial charge in [0.25, 0.3) is 0 Å². The van der Waals surface area contributed by atoms with E-state index in [1.807, 2.05) is 0 Å². The van der Waals surface area contributed by atoms with Gasteiger partial charge < -0.3 is 19.7 Å². The predicted octanol–water partition coefficient (Wildman–Crippen LogP) is 3.04. The smallest absolute Gasteiger partial charge is 0.373 e. The van der Waals surface area contributed by atoms with Crippen LogP contribution in [-0.4, -0.2) is 41.0 Å². The Morgan fingerprint density at radius 2 is 1.54 bits per heavy atom. The fraction of sp³-hybridized carbons (Fsp3) is 0.800. The highest BCUT2D eigenvalue weighted by Gasteiger charge is 2.68. The van der Waals surface area contributed by atoms with Crippen LogP contribution in [0.1, 0.15) is 65.7 Å². The second kappa shape index (κ2) is 6.25. The predicted molar refractivity (Wildman–Crippen MR) is 94.2 cm³/mol. The molecule has 4 bridgehead atoms. The lowest BCUT2D eigenvalue weighted by molar-refractivity contribution is -0.234. The molecular weight excluding hydrogens is 336 g/mol. The van der Waals surface area contributed by atoms with Crippen LogP contribution >= 0.6 is 0 Å². The van der Waals surface area contributed by atoms with E-state index in [1.54, 1.807) is 6.92 Å². The minimum atomic E-state index is -0.775. The van der Waals surface area contributed by atoms with Crippen LogP contribution in [-0.2, 0) is 19.1 Å². The van der Waals surface area contributed by atoms with E-state index < -0.39 is 22.7 Å². The van der Waals surface area contributed by atoms with Gasteiger partial charge in [-0.15, -0.1) is 0 Å². The van der Waals surface area contributed by atoms with Crippen LogP contribution in [0.25, 0.3) is 0 Å². The number of rotatable bonds is 6. The zero-order valence-electron chi connectivity index (χ0n) is 16.0. The van der Waals surface area contributed by atoms with Crippen molar-refractivity contribution in [1.82, 2.24) is 0 Å². The van der Waals surface area contributed by atoms with Gasteiger partial charge in [-0.05, 0) is 62.4 Å².